The van der Waals surface area contributed by atoms with Gasteiger partial charge in [-0.3, -0.25) is 0 Å². The van der Waals surface area contributed by atoms with Gasteiger partial charge in [-0.2, -0.15) is 5.53 Å². The minimum absolute atomic E-state index is 0.835. The molecule has 0 spiro atoms. The first-order valence-electron chi connectivity index (χ1n) is 4.02. The SMILES string of the molecule is C=CCC1=CNNN(CC=C)C1. The molecule has 1 rings (SSSR count). The first kappa shape index (κ1) is 9.03. The Balaban J connectivity index is 2.41. The van der Waals surface area contributed by atoms with Gasteiger partial charge in [0.1, 0.15) is 0 Å². The van der Waals surface area contributed by atoms with Crippen LogP contribution in [0.15, 0.2) is 37.1 Å². The maximum absolute atomic E-state index is 3.70. The monoisotopic (exact) mass is 165 g/mol. The summed E-state index contributed by atoms with van der Waals surface area (Å²) in [5.74, 6) is 0. The highest BCUT2D eigenvalue weighted by atomic mass is 15.7. The lowest BCUT2D eigenvalue weighted by Gasteiger charge is -2.27. The highest BCUT2D eigenvalue weighted by Gasteiger charge is 2.08. The molecular weight excluding hydrogens is 150 g/mol. The Labute approximate surface area is 73.4 Å². The highest BCUT2D eigenvalue weighted by Crippen LogP contribution is 2.05. The molecule has 0 amide bonds. The second-order valence-electron chi connectivity index (χ2n) is 2.72. The first-order valence-corrected chi connectivity index (χ1v) is 4.02. The molecule has 0 bridgehead atoms. The van der Waals surface area contributed by atoms with E-state index >= 15 is 0 Å². The molecule has 12 heavy (non-hydrogen) atoms. The van der Waals surface area contributed by atoms with Crippen LogP contribution in [-0.2, 0) is 0 Å². The molecule has 3 heteroatoms. The van der Waals surface area contributed by atoms with Crippen molar-refractivity contribution in [2.75, 3.05) is 13.1 Å². The normalized spacial score (nSPS) is 17.8. The average molecular weight is 165 g/mol. The maximum atomic E-state index is 3.70. The van der Waals surface area contributed by atoms with E-state index in [0.29, 0.717) is 0 Å². The predicted octanol–water partition coefficient (Wildman–Crippen LogP) is 0.957. The van der Waals surface area contributed by atoms with Crippen LogP contribution in [0.3, 0.4) is 0 Å². The summed E-state index contributed by atoms with van der Waals surface area (Å²) in [6.45, 7) is 9.13. The fourth-order valence-electron chi connectivity index (χ4n) is 1.13. The first-order chi connectivity index (χ1) is 5.86. The zero-order chi connectivity index (χ0) is 8.81. The van der Waals surface area contributed by atoms with Crippen LogP contribution >= 0.6 is 0 Å². The van der Waals surface area contributed by atoms with Crippen molar-refractivity contribution in [2.45, 2.75) is 6.42 Å². The maximum Gasteiger partial charge on any atom is 0.0382 e. The van der Waals surface area contributed by atoms with Crippen LogP contribution < -0.4 is 11.0 Å². The lowest BCUT2D eigenvalue weighted by molar-refractivity contribution is 0.187. The summed E-state index contributed by atoms with van der Waals surface area (Å²) >= 11 is 0. The molecule has 66 valence electrons. The third-order valence-electron chi connectivity index (χ3n) is 1.65. The zero-order valence-electron chi connectivity index (χ0n) is 7.21. The lowest BCUT2D eigenvalue weighted by Crippen LogP contribution is -2.49. The van der Waals surface area contributed by atoms with E-state index in [1.165, 1.54) is 5.57 Å². The predicted molar refractivity (Wildman–Crippen MR) is 50.9 cm³/mol. The van der Waals surface area contributed by atoms with E-state index in [9.17, 15) is 0 Å². The Morgan fingerprint density at radius 3 is 3.00 bits per heavy atom. The molecule has 1 aliphatic heterocycles. The van der Waals surface area contributed by atoms with Crippen LogP contribution in [0.5, 0.6) is 0 Å². The molecule has 0 saturated heterocycles. The van der Waals surface area contributed by atoms with E-state index in [1.54, 1.807) is 0 Å². The summed E-state index contributed by atoms with van der Waals surface area (Å²) in [6.07, 6.45) is 6.68. The van der Waals surface area contributed by atoms with Crippen LogP contribution in [-0.4, -0.2) is 18.1 Å². The Bertz CT molecular complexity index is 196. The van der Waals surface area contributed by atoms with E-state index in [1.807, 2.05) is 23.4 Å². The lowest BCUT2D eigenvalue weighted by atomic mass is 10.2. The molecule has 0 fully saturated rings. The molecule has 0 atom stereocenters. The van der Waals surface area contributed by atoms with Gasteiger partial charge >= 0.3 is 0 Å². The molecule has 0 aromatic carbocycles. The van der Waals surface area contributed by atoms with Gasteiger partial charge < -0.3 is 5.43 Å². The van der Waals surface area contributed by atoms with Gasteiger partial charge in [-0.25, -0.2) is 5.01 Å². The molecule has 0 saturated carbocycles. The second kappa shape index (κ2) is 4.74. The molecule has 0 aromatic heterocycles. The van der Waals surface area contributed by atoms with Gasteiger partial charge in [0.15, 0.2) is 0 Å². The third-order valence-corrected chi connectivity index (χ3v) is 1.65. The third kappa shape index (κ3) is 2.53. The van der Waals surface area contributed by atoms with Crippen molar-refractivity contribution >= 4 is 0 Å². The van der Waals surface area contributed by atoms with E-state index in [2.05, 4.69) is 24.1 Å². The number of nitrogens with zero attached hydrogens (tertiary/aromatic N) is 1. The fraction of sp³-hybridized carbons (Fsp3) is 0.333. The van der Waals surface area contributed by atoms with Crippen molar-refractivity contribution in [1.29, 1.82) is 0 Å². The topological polar surface area (TPSA) is 27.3 Å². The number of hydrogen-bond donors (Lipinski definition) is 2. The summed E-state index contributed by atoms with van der Waals surface area (Å²) in [5, 5.41) is 2.05. The van der Waals surface area contributed by atoms with Crippen LogP contribution in [0, 0.1) is 0 Å². The van der Waals surface area contributed by atoms with Crippen molar-refractivity contribution in [1.82, 2.24) is 16.0 Å². The Morgan fingerprint density at radius 1 is 1.50 bits per heavy atom. The Kier molecular flexibility index (Phi) is 3.57. The number of nitrogens with one attached hydrogen (secondary N) is 2. The number of hydrogen-bond acceptors (Lipinski definition) is 3. The second-order valence-corrected chi connectivity index (χ2v) is 2.72. The minimum Gasteiger partial charge on any atom is -0.315 e. The Morgan fingerprint density at radius 2 is 2.33 bits per heavy atom. The molecule has 0 aliphatic carbocycles. The molecule has 0 aromatic rings. The summed E-state index contributed by atoms with van der Waals surface area (Å²) in [4.78, 5) is 0. The molecule has 0 radical (unpaired) electrons. The van der Waals surface area contributed by atoms with Crippen molar-refractivity contribution < 1.29 is 0 Å². The van der Waals surface area contributed by atoms with Gasteiger partial charge in [0, 0.05) is 19.3 Å². The van der Waals surface area contributed by atoms with E-state index in [0.717, 1.165) is 19.5 Å². The number of rotatable bonds is 4. The fourth-order valence-corrected chi connectivity index (χ4v) is 1.13. The van der Waals surface area contributed by atoms with Crippen molar-refractivity contribution in [3.8, 4) is 0 Å². The van der Waals surface area contributed by atoms with E-state index in [4.69, 9.17) is 0 Å². The smallest absolute Gasteiger partial charge is 0.0382 e. The van der Waals surface area contributed by atoms with Crippen molar-refractivity contribution in [3.63, 3.8) is 0 Å². The summed E-state index contributed by atoms with van der Waals surface area (Å²) in [7, 11) is 0. The number of hydrazine groups is 2. The van der Waals surface area contributed by atoms with Gasteiger partial charge in [0.2, 0.25) is 0 Å². The molecule has 1 aliphatic rings. The Hall–Kier alpha value is -1.06. The molecule has 0 unspecified atom stereocenters. The minimum atomic E-state index is 0.835. The van der Waals surface area contributed by atoms with Crippen LogP contribution in [0.4, 0.5) is 0 Å². The summed E-state index contributed by atoms with van der Waals surface area (Å²) < 4.78 is 0. The molecule has 3 nitrogen and oxygen atoms in total. The van der Waals surface area contributed by atoms with Gasteiger partial charge in [0.25, 0.3) is 0 Å². The highest BCUT2D eigenvalue weighted by molar-refractivity contribution is 5.09. The molecule has 1 heterocycles. The quantitative estimate of drug-likeness (QED) is 0.607. The number of allylic oxidation sites excluding steroid dienone is 1. The van der Waals surface area contributed by atoms with Crippen LogP contribution in [0.2, 0.25) is 0 Å². The van der Waals surface area contributed by atoms with Crippen LogP contribution in [0.1, 0.15) is 6.42 Å². The zero-order valence-corrected chi connectivity index (χ0v) is 7.21. The van der Waals surface area contributed by atoms with Gasteiger partial charge in [-0.1, -0.05) is 12.2 Å². The van der Waals surface area contributed by atoms with E-state index < -0.39 is 0 Å². The van der Waals surface area contributed by atoms with Crippen LogP contribution in [0.25, 0.3) is 0 Å². The summed E-state index contributed by atoms with van der Waals surface area (Å²) in [6, 6.07) is 0. The van der Waals surface area contributed by atoms with Crippen molar-refractivity contribution in [2.24, 2.45) is 0 Å². The largest absolute Gasteiger partial charge is 0.315 e. The molecule has 2 N–H and O–H groups in total. The average Bonchev–Trinajstić information content (AvgIpc) is 2.06. The van der Waals surface area contributed by atoms with Gasteiger partial charge in [-0.05, 0) is 12.0 Å². The molecular formula is C9H15N3. The summed E-state index contributed by atoms with van der Waals surface area (Å²) in [5.41, 5.74) is 7.31. The van der Waals surface area contributed by atoms with Gasteiger partial charge in [-0.15, -0.1) is 13.2 Å². The van der Waals surface area contributed by atoms with Crippen molar-refractivity contribution in [3.05, 3.63) is 37.1 Å². The standard InChI is InChI=1S/C9H15N3/c1-3-5-9-7-10-11-12(8-9)6-4-2/h3-4,7,10-11H,1-2,5-6,8H2. The van der Waals surface area contributed by atoms with Gasteiger partial charge in [0.05, 0.1) is 0 Å². The van der Waals surface area contributed by atoms with E-state index in [-0.39, 0.29) is 0 Å².